The largest absolute Gasteiger partial charge is 0.480 e. The lowest BCUT2D eigenvalue weighted by molar-refractivity contribution is -0.175. The summed E-state index contributed by atoms with van der Waals surface area (Å²) in [5.74, 6) is -1.30. The molecule has 0 bridgehead atoms. The zero-order valence-corrected chi connectivity index (χ0v) is 11.8. The summed E-state index contributed by atoms with van der Waals surface area (Å²) in [5, 5.41) is 8.58. The highest BCUT2D eigenvalue weighted by Gasteiger charge is 2.46. The molecule has 2 aliphatic rings. The van der Waals surface area contributed by atoms with Gasteiger partial charge in [0.05, 0.1) is 19.0 Å². The lowest BCUT2D eigenvalue weighted by Gasteiger charge is -2.48. The van der Waals surface area contributed by atoms with E-state index < -0.39 is 11.6 Å². The van der Waals surface area contributed by atoms with Crippen LogP contribution in [0.25, 0.3) is 0 Å². The Labute approximate surface area is 117 Å². The molecule has 0 radical (unpaired) electrons. The van der Waals surface area contributed by atoms with Gasteiger partial charge in [-0.3, -0.25) is 9.59 Å². The number of nitrogens with zero attached hydrogens (tertiary/aromatic N) is 2. The van der Waals surface area contributed by atoms with Crippen molar-refractivity contribution in [3.05, 3.63) is 0 Å². The van der Waals surface area contributed by atoms with Crippen LogP contribution in [0.4, 0.5) is 0 Å². The number of carboxylic acid groups (broad SMARTS) is 1. The van der Waals surface area contributed by atoms with E-state index >= 15 is 0 Å². The van der Waals surface area contributed by atoms with Gasteiger partial charge in [0.15, 0.2) is 0 Å². The Hall–Kier alpha value is -1.63. The summed E-state index contributed by atoms with van der Waals surface area (Å²) in [6.45, 7) is 5.21. The quantitative estimate of drug-likeness (QED) is 0.739. The van der Waals surface area contributed by atoms with Gasteiger partial charge in [-0.05, 0) is 13.8 Å². The molecule has 0 saturated carbocycles. The van der Waals surface area contributed by atoms with Crippen LogP contribution in [0, 0.1) is 5.92 Å². The Bertz CT molecular complexity index is 430. The standard InChI is InChI=1S/C13H20N2O5/c1-3-14-5-9(4-10(14)16)12(19)15-7-13(2,8-15)20-6-11(17)18/h9H,3-8H2,1-2H3,(H,17,18). The summed E-state index contributed by atoms with van der Waals surface area (Å²) < 4.78 is 5.26. The van der Waals surface area contributed by atoms with Crippen molar-refractivity contribution in [2.75, 3.05) is 32.8 Å². The Morgan fingerprint density at radius 1 is 1.45 bits per heavy atom. The number of hydrogen-bond acceptors (Lipinski definition) is 4. The van der Waals surface area contributed by atoms with E-state index in [1.807, 2.05) is 6.92 Å². The molecular formula is C13H20N2O5. The van der Waals surface area contributed by atoms with Crippen molar-refractivity contribution in [2.45, 2.75) is 25.9 Å². The van der Waals surface area contributed by atoms with Crippen LogP contribution >= 0.6 is 0 Å². The number of carbonyl (C=O) groups is 3. The molecule has 0 aromatic carbocycles. The summed E-state index contributed by atoms with van der Waals surface area (Å²) in [6.07, 6.45) is 0.274. The maximum absolute atomic E-state index is 12.2. The zero-order valence-electron chi connectivity index (χ0n) is 11.8. The second-order valence-electron chi connectivity index (χ2n) is 5.66. The first kappa shape index (κ1) is 14.8. The molecule has 20 heavy (non-hydrogen) atoms. The summed E-state index contributed by atoms with van der Waals surface area (Å²) in [5.41, 5.74) is -0.582. The van der Waals surface area contributed by atoms with Crippen molar-refractivity contribution in [3.63, 3.8) is 0 Å². The highest BCUT2D eigenvalue weighted by molar-refractivity contribution is 5.89. The second-order valence-corrected chi connectivity index (χ2v) is 5.66. The monoisotopic (exact) mass is 284 g/mol. The van der Waals surface area contributed by atoms with Gasteiger partial charge in [0.25, 0.3) is 0 Å². The smallest absolute Gasteiger partial charge is 0.329 e. The number of hydrogen-bond donors (Lipinski definition) is 1. The Balaban J connectivity index is 1.82. The summed E-state index contributed by atoms with van der Waals surface area (Å²) in [4.78, 5) is 37.6. The van der Waals surface area contributed by atoms with Crippen LogP contribution in [-0.2, 0) is 19.1 Å². The van der Waals surface area contributed by atoms with Crippen LogP contribution in [0.15, 0.2) is 0 Å². The minimum absolute atomic E-state index is 0.0243. The molecule has 0 aliphatic carbocycles. The molecular weight excluding hydrogens is 264 g/mol. The SMILES string of the molecule is CCN1CC(C(=O)N2CC(C)(OCC(=O)O)C2)CC1=O. The number of likely N-dealkylation sites (tertiary alicyclic amines) is 2. The third-order valence-electron chi connectivity index (χ3n) is 3.85. The van der Waals surface area contributed by atoms with Crippen LogP contribution in [0.1, 0.15) is 20.3 Å². The number of rotatable bonds is 5. The summed E-state index contributed by atoms with van der Waals surface area (Å²) in [7, 11) is 0. The highest BCUT2D eigenvalue weighted by Crippen LogP contribution is 2.29. The lowest BCUT2D eigenvalue weighted by Crippen LogP contribution is -2.64. The maximum Gasteiger partial charge on any atom is 0.329 e. The first-order chi connectivity index (χ1) is 9.34. The van der Waals surface area contributed by atoms with E-state index in [0.717, 1.165) is 0 Å². The van der Waals surface area contributed by atoms with Crippen molar-refractivity contribution in [1.29, 1.82) is 0 Å². The number of ether oxygens (including phenoxy) is 1. The van der Waals surface area contributed by atoms with Gasteiger partial charge in [-0.15, -0.1) is 0 Å². The third kappa shape index (κ3) is 2.92. The summed E-state index contributed by atoms with van der Waals surface area (Å²) in [6, 6.07) is 0. The van der Waals surface area contributed by atoms with Crippen LogP contribution in [0.3, 0.4) is 0 Å². The molecule has 2 aliphatic heterocycles. The molecule has 2 amide bonds. The molecule has 0 spiro atoms. The fourth-order valence-electron chi connectivity index (χ4n) is 2.75. The van der Waals surface area contributed by atoms with Gasteiger partial charge >= 0.3 is 5.97 Å². The maximum atomic E-state index is 12.2. The molecule has 2 heterocycles. The highest BCUT2D eigenvalue weighted by atomic mass is 16.5. The van der Waals surface area contributed by atoms with Crippen molar-refractivity contribution >= 4 is 17.8 Å². The fourth-order valence-corrected chi connectivity index (χ4v) is 2.75. The van der Waals surface area contributed by atoms with Crippen molar-refractivity contribution < 1.29 is 24.2 Å². The number of amides is 2. The van der Waals surface area contributed by atoms with Gasteiger partial charge < -0.3 is 19.6 Å². The average Bonchev–Trinajstić information content (AvgIpc) is 2.73. The van der Waals surface area contributed by atoms with Gasteiger partial charge in [-0.2, -0.15) is 0 Å². The Morgan fingerprint density at radius 2 is 2.10 bits per heavy atom. The molecule has 2 rings (SSSR count). The van der Waals surface area contributed by atoms with Crippen LogP contribution in [0.2, 0.25) is 0 Å². The molecule has 2 fully saturated rings. The number of carbonyl (C=O) groups excluding carboxylic acids is 2. The zero-order chi connectivity index (χ0) is 14.9. The number of carboxylic acids is 1. The third-order valence-corrected chi connectivity index (χ3v) is 3.85. The van der Waals surface area contributed by atoms with Crippen molar-refractivity contribution in [1.82, 2.24) is 9.80 Å². The lowest BCUT2D eigenvalue weighted by atomic mass is 9.93. The molecule has 0 aromatic rings. The van der Waals surface area contributed by atoms with E-state index in [1.54, 1.807) is 16.7 Å². The van der Waals surface area contributed by atoms with Gasteiger partial charge in [0.1, 0.15) is 12.2 Å². The van der Waals surface area contributed by atoms with Crippen LogP contribution in [-0.4, -0.2) is 71.1 Å². The van der Waals surface area contributed by atoms with Gasteiger partial charge in [-0.25, -0.2) is 4.79 Å². The van der Waals surface area contributed by atoms with Gasteiger partial charge in [0.2, 0.25) is 11.8 Å². The van der Waals surface area contributed by atoms with E-state index in [9.17, 15) is 14.4 Å². The van der Waals surface area contributed by atoms with Crippen LogP contribution in [0.5, 0.6) is 0 Å². The first-order valence-electron chi connectivity index (χ1n) is 6.77. The molecule has 0 aromatic heterocycles. The van der Waals surface area contributed by atoms with Crippen LogP contribution < -0.4 is 0 Å². The minimum Gasteiger partial charge on any atom is -0.480 e. The molecule has 1 unspecified atom stereocenters. The molecule has 2 saturated heterocycles. The molecule has 1 N–H and O–H groups in total. The molecule has 112 valence electrons. The molecule has 1 atom stereocenters. The number of aliphatic carboxylic acids is 1. The Kier molecular flexibility index (Phi) is 3.99. The molecule has 7 nitrogen and oxygen atoms in total. The Morgan fingerprint density at radius 3 is 2.60 bits per heavy atom. The van der Waals surface area contributed by atoms with E-state index in [4.69, 9.17) is 9.84 Å². The predicted molar refractivity (Wildman–Crippen MR) is 68.9 cm³/mol. The topological polar surface area (TPSA) is 87.2 Å². The molecule has 7 heteroatoms. The van der Waals surface area contributed by atoms with Gasteiger partial charge in [0, 0.05) is 19.5 Å². The summed E-state index contributed by atoms with van der Waals surface area (Å²) >= 11 is 0. The van der Waals surface area contributed by atoms with E-state index in [1.165, 1.54) is 0 Å². The first-order valence-corrected chi connectivity index (χ1v) is 6.77. The van der Waals surface area contributed by atoms with Crippen molar-refractivity contribution in [3.8, 4) is 0 Å². The van der Waals surface area contributed by atoms with Gasteiger partial charge in [-0.1, -0.05) is 0 Å². The van der Waals surface area contributed by atoms with E-state index in [0.29, 0.717) is 26.2 Å². The van der Waals surface area contributed by atoms with Crippen molar-refractivity contribution in [2.24, 2.45) is 5.92 Å². The second kappa shape index (κ2) is 5.40. The normalized spacial score (nSPS) is 24.7. The predicted octanol–water partition coefficient (Wildman–Crippen LogP) is -0.443. The van der Waals surface area contributed by atoms with E-state index in [2.05, 4.69) is 0 Å². The average molecular weight is 284 g/mol. The van der Waals surface area contributed by atoms with E-state index in [-0.39, 0.29) is 30.8 Å². The minimum atomic E-state index is -1.02. The fraction of sp³-hybridized carbons (Fsp3) is 0.769.